The van der Waals surface area contributed by atoms with Crippen LogP contribution in [0.4, 0.5) is 13.2 Å². The molecule has 0 aliphatic carbocycles. The minimum absolute atomic E-state index is 0.00515. The summed E-state index contributed by atoms with van der Waals surface area (Å²) in [6, 6.07) is 8.90. The van der Waals surface area contributed by atoms with Crippen LogP contribution in [0, 0.1) is 0 Å². The number of hydrogen-bond acceptors (Lipinski definition) is 4. The molecule has 0 amide bonds. The minimum Gasteiger partial charge on any atom is -0.388 e. The Balaban J connectivity index is 2.03. The number of alkyl halides is 3. The van der Waals surface area contributed by atoms with E-state index < -0.39 is 24.6 Å². The van der Waals surface area contributed by atoms with Crippen LogP contribution in [-0.4, -0.2) is 21.4 Å². The lowest BCUT2D eigenvalue weighted by Crippen LogP contribution is -2.10. The quantitative estimate of drug-likeness (QED) is 0.919. The van der Waals surface area contributed by atoms with Crippen molar-refractivity contribution < 1.29 is 22.8 Å². The Morgan fingerprint density at radius 2 is 1.90 bits per heavy atom. The summed E-state index contributed by atoms with van der Waals surface area (Å²) in [5, 5.41) is 13.7. The van der Waals surface area contributed by atoms with Crippen molar-refractivity contribution in [3.8, 4) is 0 Å². The molecule has 0 saturated carbocycles. The molecule has 7 heteroatoms. The Kier molecular flexibility index (Phi) is 4.62. The fourth-order valence-electron chi connectivity index (χ4n) is 1.88. The van der Waals surface area contributed by atoms with Crippen LogP contribution in [0.5, 0.6) is 0 Å². The highest BCUT2D eigenvalue weighted by Crippen LogP contribution is 2.29. The molecule has 0 bridgehead atoms. The molecule has 1 aromatic heterocycles. The Morgan fingerprint density at radius 1 is 1.24 bits per heavy atom. The van der Waals surface area contributed by atoms with Gasteiger partial charge in [0, 0.05) is 6.42 Å². The third-order valence-electron chi connectivity index (χ3n) is 3.12. The van der Waals surface area contributed by atoms with Crippen LogP contribution in [0.1, 0.15) is 42.6 Å². The van der Waals surface area contributed by atoms with Crippen LogP contribution >= 0.6 is 0 Å². The molecule has 0 saturated heterocycles. The molecule has 1 N–H and O–H groups in total. The standard InChI is InChI=1S/C14H15F3N2O2/c1-9(12(20)10-5-3-2-4-6-10)13-18-11(19-21-13)7-8-14(15,16)17/h2-6,9,12,20H,7-8H2,1H3. The molecule has 4 nitrogen and oxygen atoms in total. The van der Waals surface area contributed by atoms with E-state index in [1.807, 2.05) is 6.07 Å². The van der Waals surface area contributed by atoms with Gasteiger partial charge in [-0.3, -0.25) is 0 Å². The Hall–Kier alpha value is -1.89. The van der Waals surface area contributed by atoms with Crippen LogP contribution < -0.4 is 0 Å². The van der Waals surface area contributed by atoms with E-state index in [1.165, 1.54) is 0 Å². The maximum Gasteiger partial charge on any atom is 0.389 e. The van der Waals surface area contributed by atoms with Crippen molar-refractivity contribution in [2.24, 2.45) is 0 Å². The second-order valence-corrected chi connectivity index (χ2v) is 4.81. The van der Waals surface area contributed by atoms with E-state index in [1.54, 1.807) is 31.2 Å². The van der Waals surface area contributed by atoms with Crippen molar-refractivity contribution in [2.45, 2.75) is 38.0 Å². The van der Waals surface area contributed by atoms with E-state index in [0.29, 0.717) is 5.56 Å². The fourth-order valence-corrected chi connectivity index (χ4v) is 1.88. The summed E-state index contributed by atoms with van der Waals surface area (Å²) in [5.41, 5.74) is 0.681. The molecule has 21 heavy (non-hydrogen) atoms. The van der Waals surface area contributed by atoms with Crippen LogP contribution in [0.3, 0.4) is 0 Å². The molecule has 2 unspecified atom stereocenters. The van der Waals surface area contributed by atoms with Gasteiger partial charge in [0.1, 0.15) is 0 Å². The number of halogens is 3. The number of nitrogens with zero attached hydrogens (tertiary/aromatic N) is 2. The largest absolute Gasteiger partial charge is 0.389 e. The van der Waals surface area contributed by atoms with Crippen LogP contribution in [-0.2, 0) is 6.42 Å². The Labute approximate surface area is 119 Å². The van der Waals surface area contributed by atoms with Crippen molar-refractivity contribution >= 4 is 0 Å². The highest BCUT2D eigenvalue weighted by Gasteiger charge is 2.29. The monoisotopic (exact) mass is 300 g/mol. The first-order valence-corrected chi connectivity index (χ1v) is 6.49. The zero-order chi connectivity index (χ0) is 15.5. The van der Waals surface area contributed by atoms with Crippen molar-refractivity contribution in [3.63, 3.8) is 0 Å². The highest BCUT2D eigenvalue weighted by atomic mass is 19.4. The number of aromatic nitrogens is 2. The van der Waals surface area contributed by atoms with Crippen LogP contribution in [0.2, 0.25) is 0 Å². The average molecular weight is 300 g/mol. The predicted molar refractivity (Wildman–Crippen MR) is 68.5 cm³/mol. The van der Waals surface area contributed by atoms with E-state index in [0.717, 1.165) is 0 Å². The van der Waals surface area contributed by atoms with Gasteiger partial charge in [-0.1, -0.05) is 42.4 Å². The lowest BCUT2D eigenvalue weighted by molar-refractivity contribution is -0.134. The number of rotatable bonds is 5. The van der Waals surface area contributed by atoms with Gasteiger partial charge in [0.15, 0.2) is 5.82 Å². The first-order valence-electron chi connectivity index (χ1n) is 6.49. The van der Waals surface area contributed by atoms with Crippen molar-refractivity contribution in [1.29, 1.82) is 0 Å². The van der Waals surface area contributed by atoms with Gasteiger partial charge < -0.3 is 9.63 Å². The van der Waals surface area contributed by atoms with Gasteiger partial charge in [-0.25, -0.2) is 0 Å². The van der Waals surface area contributed by atoms with Gasteiger partial charge in [-0.2, -0.15) is 18.2 Å². The summed E-state index contributed by atoms with van der Waals surface area (Å²) in [7, 11) is 0. The van der Waals surface area contributed by atoms with Gasteiger partial charge in [0.05, 0.1) is 18.4 Å². The molecule has 0 spiro atoms. The summed E-state index contributed by atoms with van der Waals surface area (Å²) in [5.74, 6) is -0.377. The number of aliphatic hydroxyl groups is 1. The van der Waals surface area contributed by atoms with E-state index in [4.69, 9.17) is 4.52 Å². The minimum atomic E-state index is -4.25. The number of benzene rings is 1. The van der Waals surface area contributed by atoms with E-state index in [-0.39, 0.29) is 18.1 Å². The van der Waals surface area contributed by atoms with Gasteiger partial charge in [0.25, 0.3) is 0 Å². The summed E-state index contributed by atoms with van der Waals surface area (Å²) in [6.07, 6.45) is -6.44. The molecule has 0 radical (unpaired) electrons. The lowest BCUT2D eigenvalue weighted by atomic mass is 9.97. The molecule has 2 atom stereocenters. The second-order valence-electron chi connectivity index (χ2n) is 4.81. The molecular weight excluding hydrogens is 285 g/mol. The first-order chi connectivity index (χ1) is 9.87. The third kappa shape index (κ3) is 4.29. The van der Waals surface area contributed by atoms with Crippen LogP contribution in [0.25, 0.3) is 0 Å². The van der Waals surface area contributed by atoms with Crippen molar-refractivity contribution in [1.82, 2.24) is 10.1 Å². The van der Waals surface area contributed by atoms with E-state index in [2.05, 4.69) is 10.1 Å². The molecule has 1 heterocycles. The maximum absolute atomic E-state index is 12.1. The topological polar surface area (TPSA) is 59.2 Å². The Morgan fingerprint density at radius 3 is 2.52 bits per heavy atom. The van der Waals surface area contributed by atoms with Crippen LogP contribution in [0.15, 0.2) is 34.9 Å². The molecular formula is C14H15F3N2O2. The maximum atomic E-state index is 12.1. The zero-order valence-electron chi connectivity index (χ0n) is 11.3. The Bertz CT molecular complexity index is 569. The highest BCUT2D eigenvalue weighted by molar-refractivity contribution is 5.20. The molecule has 114 valence electrons. The average Bonchev–Trinajstić information content (AvgIpc) is 2.93. The predicted octanol–water partition coefficient (Wildman–Crippen LogP) is 3.40. The molecule has 2 aromatic rings. The number of aryl methyl sites for hydroxylation is 1. The first kappa shape index (κ1) is 15.5. The molecule has 2 rings (SSSR count). The summed E-state index contributed by atoms with van der Waals surface area (Å²) in [4.78, 5) is 3.92. The lowest BCUT2D eigenvalue weighted by Gasteiger charge is -2.15. The third-order valence-corrected chi connectivity index (χ3v) is 3.12. The van der Waals surface area contributed by atoms with Crippen molar-refractivity contribution in [2.75, 3.05) is 0 Å². The molecule has 1 aromatic carbocycles. The van der Waals surface area contributed by atoms with Gasteiger partial charge >= 0.3 is 6.18 Å². The number of hydrogen-bond donors (Lipinski definition) is 1. The second kappa shape index (κ2) is 6.26. The van der Waals surface area contributed by atoms with Crippen molar-refractivity contribution in [3.05, 3.63) is 47.6 Å². The van der Waals surface area contributed by atoms with Gasteiger partial charge in [0.2, 0.25) is 5.89 Å². The normalized spacial score (nSPS) is 14.9. The van der Waals surface area contributed by atoms with Gasteiger partial charge in [-0.15, -0.1) is 0 Å². The summed E-state index contributed by atoms with van der Waals surface area (Å²) < 4.78 is 41.3. The van der Waals surface area contributed by atoms with Gasteiger partial charge in [-0.05, 0) is 5.56 Å². The smallest absolute Gasteiger partial charge is 0.388 e. The fraction of sp³-hybridized carbons (Fsp3) is 0.429. The van der Waals surface area contributed by atoms with E-state index in [9.17, 15) is 18.3 Å². The molecule has 0 aliphatic rings. The SMILES string of the molecule is CC(c1nc(CCC(F)(F)F)no1)C(O)c1ccccc1. The number of aliphatic hydroxyl groups excluding tert-OH is 1. The summed E-state index contributed by atoms with van der Waals surface area (Å²) in [6.45, 7) is 1.68. The van der Waals surface area contributed by atoms with E-state index >= 15 is 0 Å². The molecule has 0 aliphatic heterocycles. The molecule has 0 fully saturated rings. The summed E-state index contributed by atoms with van der Waals surface area (Å²) >= 11 is 0. The zero-order valence-corrected chi connectivity index (χ0v) is 11.3.